The molecule has 3 rings (SSSR count). The molecule has 0 unspecified atom stereocenters. The van der Waals surface area contributed by atoms with Gasteiger partial charge in [-0.3, -0.25) is 14.6 Å². The van der Waals surface area contributed by atoms with Crippen molar-refractivity contribution >= 4 is 17.6 Å². The third-order valence-corrected chi connectivity index (χ3v) is 3.96. The fourth-order valence-electron chi connectivity index (χ4n) is 2.58. The number of hydrogen-bond acceptors (Lipinski definition) is 7. The highest BCUT2D eigenvalue weighted by Crippen LogP contribution is 2.22. The SMILES string of the molecule is CC(=O)OC(C)(C)C(=O)Nc1ccccc1Cc1nc(-c2ccncc2)no1. The molecule has 28 heavy (non-hydrogen) atoms. The van der Waals surface area contributed by atoms with Crippen molar-refractivity contribution in [1.82, 2.24) is 15.1 Å². The summed E-state index contributed by atoms with van der Waals surface area (Å²) < 4.78 is 10.4. The third kappa shape index (κ3) is 4.59. The Morgan fingerprint density at radius 1 is 1.14 bits per heavy atom. The summed E-state index contributed by atoms with van der Waals surface area (Å²) in [4.78, 5) is 32.1. The van der Waals surface area contributed by atoms with Gasteiger partial charge in [0, 0.05) is 30.6 Å². The third-order valence-electron chi connectivity index (χ3n) is 3.96. The van der Waals surface area contributed by atoms with Gasteiger partial charge in [-0.25, -0.2) is 0 Å². The molecule has 8 heteroatoms. The van der Waals surface area contributed by atoms with Crippen LogP contribution in [0.3, 0.4) is 0 Å². The molecule has 1 aromatic carbocycles. The van der Waals surface area contributed by atoms with Crippen molar-refractivity contribution in [2.24, 2.45) is 0 Å². The molecule has 144 valence electrons. The Kier molecular flexibility index (Phi) is 5.49. The molecule has 2 heterocycles. The zero-order valence-corrected chi connectivity index (χ0v) is 15.8. The fourth-order valence-corrected chi connectivity index (χ4v) is 2.58. The average Bonchev–Trinajstić information content (AvgIpc) is 3.11. The summed E-state index contributed by atoms with van der Waals surface area (Å²) in [7, 11) is 0. The number of hydrogen-bond donors (Lipinski definition) is 1. The zero-order chi connectivity index (χ0) is 20.1. The highest BCUT2D eigenvalue weighted by molar-refractivity contribution is 5.98. The van der Waals surface area contributed by atoms with E-state index in [1.807, 2.05) is 12.1 Å². The zero-order valence-electron chi connectivity index (χ0n) is 15.8. The standard InChI is InChI=1S/C20H20N4O4/c1-13(25)27-20(2,3)19(26)22-16-7-5-4-6-15(16)12-17-23-18(24-28-17)14-8-10-21-11-9-14/h4-11H,12H2,1-3H3,(H,22,26). The predicted molar refractivity (Wildman–Crippen MR) is 101 cm³/mol. The van der Waals surface area contributed by atoms with E-state index < -0.39 is 17.5 Å². The molecule has 1 N–H and O–H groups in total. The van der Waals surface area contributed by atoms with E-state index in [4.69, 9.17) is 9.26 Å². The number of esters is 1. The van der Waals surface area contributed by atoms with Gasteiger partial charge in [-0.2, -0.15) is 4.98 Å². The number of ether oxygens (including phenoxy) is 1. The number of rotatable bonds is 6. The van der Waals surface area contributed by atoms with Crippen molar-refractivity contribution in [3.8, 4) is 11.4 Å². The van der Waals surface area contributed by atoms with E-state index in [9.17, 15) is 9.59 Å². The molecule has 8 nitrogen and oxygen atoms in total. The molecule has 0 saturated heterocycles. The van der Waals surface area contributed by atoms with Crippen molar-refractivity contribution in [2.75, 3.05) is 5.32 Å². The predicted octanol–water partition coefficient (Wildman–Crippen LogP) is 3.00. The summed E-state index contributed by atoms with van der Waals surface area (Å²) >= 11 is 0. The molecule has 0 aliphatic heterocycles. The summed E-state index contributed by atoms with van der Waals surface area (Å²) in [5.41, 5.74) is 0.878. The van der Waals surface area contributed by atoms with Gasteiger partial charge in [-0.15, -0.1) is 0 Å². The van der Waals surface area contributed by atoms with Gasteiger partial charge in [0.05, 0.1) is 6.42 Å². The number of nitrogens with one attached hydrogen (secondary N) is 1. The quantitative estimate of drug-likeness (QED) is 0.655. The highest BCUT2D eigenvalue weighted by Gasteiger charge is 2.31. The Hall–Kier alpha value is -3.55. The number of amides is 1. The molecule has 0 spiro atoms. The molecule has 3 aromatic rings. The van der Waals surface area contributed by atoms with Gasteiger partial charge in [0.2, 0.25) is 11.7 Å². The van der Waals surface area contributed by atoms with Crippen molar-refractivity contribution in [2.45, 2.75) is 32.8 Å². The van der Waals surface area contributed by atoms with E-state index in [2.05, 4.69) is 20.4 Å². The van der Waals surface area contributed by atoms with Gasteiger partial charge < -0.3 is 14.6 Å². The van der Waals surface area contributed by atoms with E-state index in [1.54, 1.807) is 36.7 Å². The maximum Gasteiger partial charge on any atom is 0.303 e. The lowest BCUT2D eigenvalue weighted by atomic mass is 10.1. The Balaban J connectivity index is 1.77. The molecule has 0 aliphatic carbocycles. The van der Waals surface area contributed by atoms with Gasteiger partial charge >= 0.3 is 5.97 Å². The van der Waals surface area contributed by atoms with Crippen molar-refractivity contribution in [3.63, 3.8) is 0 Å². The van der Waals surface area contributed by atoms with Crippen molar-refractivity contribution in [1.29, 1.82) is 0 Å². The second-order valence-electron chi connectivity index (χ2n) is 6.64. The second-order valence-corrected chi connectivity index (χ2v) is 6.64. The minimum absolute atomic E-state index is 0.336. The largest absolute Gasteiger partial charge is 0.450 e. The van der Waals surface area contributed by atoms with Crippen LogP contribution in [0.25, 0.3) is 11.4 Å². The fraction of sp³-hybridized carbons (Fsp3) is 0.250. The Labute approximate surface area is 161 Å². The Bertz CT molecular complexity index is 983. The maximum atomic E-state index is 12.5. The summed E-state index contributed by atoms with van der Waals surface area (Å²) in [5.74, 6) is -0.0799. The van der Waals surface area contributed by atoms with Crippen LogP contribution in [0, 0.1) is 0 Å². The van der Waals surface area contributed by atoms with Crippen LogP contribution in [0.5, 0.6) is 0 Å². The van der Waals surface area contributed by atoms with Gasteiger partial charge in [0.15, 0.2) is 5.60 Å². The Morgan fingerprint density at radius 3 is 2.57 bits per heavy atom. The van der Waals surface area contributed by atoms with Gasteiger partial charge in [0.1, 0.15) is 0 Å². The number of aromatic nitrogens is 3. The number of carbonyl (C=O) groups is 2. The monoisotopic (exact) mass is 380 g/mol. The molecule has 2 aromatic heterocycles. The molecule has 0 bridgehead atoms. The molecule has 1 amide bonds. The van der Waals surface area contributed by atoms with E-state index in [1.165, 1.54) is 20.8 Å². The van der Waals surface area contributed by atoms with Gasteiger partial charge in [0.25, 0.3) is 5.91 Å². The minimum atomic E-state index is -1.29. The van der Waals surface area contributed by atoms with Gasteiger partial charge in [-0.05, 0) is 37.6 Å². The first-order valence-electron chi connectivity index (χ1n) is 8.67. The number of nitrogens with zero attached hydrogens (tertiary/aromatic N) is 3. The van der Waals surface area contributed by atoms with E-state index in [0.29, 0.717) is 23.8 Å². The normalized spacial score (nSPS) is 11.1. The summed E-state index contributed by atoms with van der Waals surface area (Å²) in [6.45, 7) is 4.33. The molecular weight excluding hydrogens is 360 g/mol. The van der Waals surface area contributed by atoms with Crippen molar-refractivity contribution < 1.29 is 18.8 Å². The second kappa shape index (κ2) is 7.99. The van der Waals surface area contributed by atoms with Crippen LogP contribution in [0.4, 0.5) is 5.69 Å². The maximum absolute atomic E-state index is 12.5. The number of carbonyl (C=O) groups excluding carboxylic acids is 2. The van der Waals surface area contributed by atoms with Crippen LogP contribution >= 0.6 is 0 Å². The molecular formula is C20H20N4O4. The van der Waals surface area contributed by atoms with E-state index >= 15 is 0 Å². The highest BCUT2D eigenvalue weighted by atomic mass is 16.6. The first-order chi connectivity index (χ1) is 13.3. The van der Waals surface area contributed by atoms with Crippen LogP contribution in [0.15, 0.2) is 53.3 Å². The summed E-state index contributed by atoms with van der Waals surface area (Å²) in [6, 6.07) is 10.8. The molecule has 0 saturated carbocycles. The number of anilines is 1. The molecule has 0 radical (unpaired) electrons. The first-order valence-corrected chi connectivity index (χ1v) is 8.67. The molecule has 0 fully saturated rings. The molecule has 0 atom stereocenters. The Morgan fingerprint density at radius 2 is 1.86 bits per heavy atom. The smallest absolute Gasteiger partial charge is 0.303 e. The van der Waals surface area contributed by atoms with Crippen LogP contribution in [-0.4, -0.2) is 32.6 Å². The van der Waals surface area contributed by atoms with Crippen LogP contribution in [0.2, 0.25) is 0 Å². The van der Waals surface area contributed by atoms with Gasteiger partial charge in [-0.1, -0.05) is 23.4 Å². The average molecular weight is 380 g/mol. The lowest BCUT2D eigenvalue weighted by Crippen LogP contribution is -2.41. The topological polar surface area (TPSA) is 107 Å². The lowest BCUT2D eigenvalue weighted by molar-refractivity contribution is -0.160. The number of pyridine rings is 1. The van der Waals surface area contributed by atoms with Crippen LogP contribution in [-0.2, 0) is 20.7 Å². The van der Waals surface area contributed by atoms with Crippen molar-refractivity contribution in [3.05, 3.63) is 60.2 Å². The van der Waals surface area contributed by atoms with Crippen LogP contribution in [0.1, 0.15) is 32.2 Å². The first kappa shape index (κ1) is 19.2. The number of benzene rings is 1. The van der Waals surface area contributed by atoms with Crippen LogP contribution < -0.4 is 5.32 Å². The van der Waals surface area contributed by atoms with E-state index in [-0.39, 0.29) is 0 Å². The summed E-state index contributed by atoms with van der Waals surface area (Å²) in [6.07, 6.45) is 3.64. The number of para-hydroxylation sites is 1. The lowest BCUT2D eigenvalue weighted by Gasteiger charge is -2.23. The molecule has 0 aliphatic rings. The minimum Gasteiger partial charge on any atom is -0.450 e. The summed E-state index contributed by atoms with van der Waals surface area (Å²) in [5, 5.41) is 6.79. The van der Waals surface area contributed by atoms with E-state index in [0.717, 1.165) is 11.1 Å².